The summed E-state index contributed by atoms with van der Waals surface area (Å²) in [5.74, 6) is -0.203. The maximum Gasteiger partial charge on any atom is 0.300 e. The monoisotopic (exact) mass is 246 g/mol. The van der Waals surface area contributed by atoms with Crippen molar-refractivity contribution in [1.82, 2.24) is 0 Å². The molecule has 0 bridgehead atoms. The summed E-state index contributed by atoms with van der Waals surface area (Å²) in [4.78, 5) is 9.00. The number of carboxylic acid groups (broad SMARTS) is 1. The second kappa shape index (κ2) is 7.07. The highest BCUT2D eigenvalue weighted by Crippen LogP contribution is 2.31. The summed E-state index contributed by atoms with van der Waals surface area (Å²) in [5.41, 5.74) is 0. The second-order valence-electron chi connectivity index (χ2n) is 5.90. The van der Waals surface area contributed by atoms with Crippen molar-refractivity contribution in [2.24, 2.45) is 5.92 Å². The Morgan fingerprint density at radius 1 is 1.25 bits per heavy atom. The first-order valence-corrected chi connectivity index (χ1v) is 9.80. The van der Waals surface area contributed by atoms with Crippen molar-refractivity contribution < 1.29 is 15.0 Å². The van der Waals surface area contributed by atoms with Gasteiger partial charge in [0.1, 0.15) is 0 Å². The number of hydrogen-bond donors (Lipinski definition) is 2. The van der Waals surface area contributed by atoms with E-state index >= 15 is 0 Å². The van der Waals surface area contributed by atoms with Crippen LogP contribution in [0, 0.1) is 5.92 Å². The first-order valence-electron chi connectivity index (χ1n) is 6.10. The Balaban J connectivity index is 0.000000487. The molecule has 1 fully saturated rings. The van der Waals surface area contributed by atoms with E-state index in [1.54, 1.807) is 0 Å². The van der Waals surface area contributed by atoms with E-state index in [-0.39, 0.29) is 6.10 Å². The third-order valence-electron chi connectivity index (χ3n) is 2.74. The first kappa shape index (κ1) is 15.6. The maximum atomic E-state index is 9.75. The molecule has 2 atom stereocenters. The summed E-state index contributed by atoms with van der Waals surface area (Å²) in [6, 6.07) is 1.31. The zero-order chi connectivity index (χ0) is 12.8. The number of carboxylic acids is 1. The molecule has 0 spiro atoms. The predicted octanol–water partition coefficient (Wildman–Crippen LogP) is 2.97. The highest BCUT2D eigenvalue weighted by molar-refractivity contribution is 6.76. The number of carbonyl (C=O) groups is 1. The minimum Gasteiger partial charge on any atom is -0.481 e. The van der Waals surface area contributed by atoms with Crippen LogP contribution in [0.5, 0.6) is 0 Å². The van der Waals surface area contributed by atoms with Crippen LogP contribution >= 0.6 is 0 Å². The molecule has 0 saturated heterocycles. The molecular formula is C12H26O3Si. The molecule has 1 aliphatic carbocycles. The van der Waals surface area contributed by atoms with Gasteiger partial charge in [0.2, 0.25) is 0 Å². The van der Waals surface area contributed by atoms with Gasteiger partial charge in [-0.1, -0.05) is 38.5 Å². The minimum atomic E-state index is -0.946. The Morgan fingerprint density at radius 2 is 1.69 bits per heavy atom. The molecule has 3 nitrogen and oxygen atoms in total. The molecule has 2 unspecified atom stereocenters. The maximum absolute atomic E-state index is 9.75. The van der Waals surface area contributed by atoms with Crippen molar-refractivity contribution in [1.29, 1.82) is 0 Å². The fourth-order valence-corrected chi connectivity index (χ4v) is 4.26. The Labute approximate surface area is 99.9 Å². The molecule has 1 rings (SSSR count). The van der Waals surface area contributed by atoms with Gasteiger partial charge in [0.05, 0.1) is 6.10 Å². The Kier molecular flexibility index (Phi) is 6.91. The van der Waals surface area contributed by atoms with Crippen LogP contribution in [0.15, 0.2) is 0 Å². The molecule has 1 saturated carbocycles. The quantitative estimate of drug-likeness (QED) is 0.736. The molecule has 0 amide bonds. The molecule has 0 aromatic heterocycles. The van der Waals surface area contributed by atoms with Gasteiger partial charge in [0.15, 0.2) is 0 Å². The lowest BCUT2D eigenvalue weighted by Gasteiger charge is -2.31. The van der Waals surface area contributed by atoms with E-state index in [0.717, 1.165) is 13.3 Å². The lowest BCUT2D eigenvalue weighted by Crippen LogP contribution is -2.32. The van der Waals surface area contributed by atoms with Crippen molar-refractivity contribution in [3.8, 4) is 0 Å². The van der Waals surface area contributed by atoms with Gasteiger partial charge in [-0.25, -0.2) is 0 Å². The molecule has 0 aromatic rings. The topological polar surface area (TPSA) is 57.5 Å². The average molecular weight is 246 g/mol. The van der Waals surface area contributed by atoms with Crippen LogP contribution in [0.1, 0.15) is 32.6 Å². The summed E-state index contributed by atoms with van der Waals surface area (Å²) >= 11 is 0. The van der Waals surface area contributed by atoms with Gasteiger partial charge in [-0.15, -0.1) is 0 Å². The van der Waals surface area contributed by atoms with E-state index in [0.29, 0.717) is 5.92 Å². The third kappa shape index (κ3) is 8.92. The Morgan fingerprint density at radius 3 is 2.06 bits per heavy atom. The molecule has 96 valence electrons. The third-order valence-corrected chi connectivity index (χ3v) is 4.49. The summed E-state index contributed by atoms with van der Waals surface area (Å²) in [6.07, 6.45) is 4.92. The molecule has 0 aliphatic heterocycles. The largest absolute Gasteiger partial charge is 0.481 e. The summed E-state index contributed by atoms with van der Waals surface area (Å²) < 4.78 is 0. The van der Waals surface area contributed by atoms with Crippen molar-refractivity contribution in [3.63, 3.8) is 0 Å². The van der Waals surface area contributed by atoms with Crippen LogP contribution < -0.4 is 0 Å². The van der Waals surface area contributed by atoms with E-state index in [9.17, 15) is 5.11 Å². The summed E-state index contributed by atoms with van der Waals surface area (Å²) in [5, 5.41) is 17.2. The van der Waals surface area contributed by atoms with Crippen LogP contribution in [0.3, 0.4) is 0 Å². The highest BCUT2D eigenvalue weighted by Gasteiger charge is 2.27. The summed E-state index contributed by atoms with van der Waals surface area (Å²) in [6.45, 7) is 8.27. The average Bonchev–Trinajstić information content (AvgIpc) is 2.05. The molecule has 0 aromatic carbocycles. The first-order chi connectivity index (χ1) is 7.22. The lowest BCUT2D eigenvalue weighted by molar-refractivity contribution is -0.134. The normalized spacial score (nSPS) is 25.6. The molecule has 0 heterocycles. The molecular weight excluding hydrogens is 220 g/mol. The van der Waals surface area contributed by atoms with E-state index in [1.165, 1.54) is 25.3 Å². The Bertz CT molecular complexity index is 207. The van der Waals surface area contributed by atoms with Crippen LogP contribution in [0.25, 0.3) is 0 Å². The number of aliphatic hydroxyl groups excluding tert-OH is 1. The molecule has 2 N–H and O–H groups in total. The fraction of sp³-hybridized carbons (Fsp3) is 0.917. The molecule has 1 aliphatic rings. The highest BCUT2D eigenvalue weighted by atomic mass is 28.3. The van der Waals surface area contributed by atoms with E-state index < -0.39 is 14.0 Å². The standard InChI is InChI=1S/C10H22OSi.C2H4O2/c1-12(2,3)8-9-6-4-5-7-10(9)11;1-2(3)4/h9-11H,4-8H2,1-3H3;1H3,(H,3,4). The summed E-state index contributed by atoms with van der Waals surface area (Å²) in [7, 11) is -0.946. The SMILES string of the molecule is CC(=O)O.C[Si](C)(C)CC1CCCCC1O. The van der Waals surface area contributed by atoms with Crippen LogP contribution in [0.2, 0.25) is 25.7 Å². The van der Waals surface area contributed by atoms with Crippen LogP contribution in [0.4, 0.5) is 0 Å². The van der Waals surface area contributed by atoms with E-state index in [1.807, 2.05) is 0 Å². The van der Waals surface area contributed by atoms with E-state index in [2.05, 4.69) is 19.6 Å². The Hall–Kier alpha value is -0.353. The van der Waals surface area contributed by atoms with Gasteiger partial charge in [-0.05, 0) is 18.8 Å². The zero-order valence-corrected chi connectivity index (χ0v) is 12.0. The van der Waals surface area contributed by atoms with E-state index in [4.69, 9.17) is 9.90 Å². The second-order valence-corrected chi connectivity index (χ2v) is 11.4. The van der Waals surface area contributed by atoms with Gasteiger partial charge < -0.3 is 10.2 Å². The zero-order valence-electron chi connectivity index (χ0n) is 11.0. The lowest BCUT2D eigenvalue weighted by atomic mass is 9.88. The molecule has 16 heavy (non-hydrogen) atoms. The molecule has 0 radical (unpaired) electrons. The molecule has 4 heteroatoms. The van der Waals surface area contributed by atoms with Gasteiger partial charge in [-0.2, -0.15) is 0 Å². The van der Waals surface area contributed by atoms with Crippen molar-refractivity contribution in [2.75, 3.05) is 0 Å². The van der Waals surface area contributed by atoms with Crippen LogP contribution in [-0.4, -0.2) is 30.4 Å². The minimum absolute atomic E-state index is 0.0190. The van der Waals surface area contributed by atoms with Crippen molar-refractivity contribution in [2.45, 2.75) is 64.4 Å². The van der Waals surface area contributed by atoms with Crippen molar-refractivity contribution >= 4 is 14.0 Å². The fourth-order valence-electron chi connectivity index (χ4n) is 2.21. The predicted molar refractivity (Wildman–Crippen MR) is 69.4 cm³/mol. The smallest absolute Gasteiger partial charge is 0.300 e. The van der Waals surface area contributed by atoms with Crippen LogP contribution in [-0.2, 0) is 4.79 Å². The number of hydrogen-bond acceptors (Lipinski definition) is 2. The van der Waals surface area contributed by atoms with Gasteiger partial charge in [0, 0.05) is 15.0 Å². The number of aliphatic carboxylic acids is 1. The van der Waals surface area contributed by atoms with Crippen molar-refractivity contribution in [3.05, 3.63) is 0 Å². The van der Waals surface area contributed by atoms with Gasteiger partial charge >= 0.3 is 0 Å². The van der Waals surface area contributed by atoms with Gasteiger partial charge in [0.25, 0.3) is 5.97 Å². The number of aliphatic hydroxyl groups is 1. The van der Waals surface area contributed by atoms with Gasteiger partial charge in [-0.3, -0.25) is 4.79 Å². The number of rotatable bonds is 2.